The van der Waals surface area contributed by atoms with E-state index in [-0.39, 0.29) is 5.97 Å². The van der Waals surface area contributed by atoms with E-state index in [0.717, 1.165) is 28.7 Å². The Morgan fingerprint density at radius 3 is 2.71 bits per heavy atom. The molecule has 120 valence electrons. The average Bonchev–Trinajstić information content (AvgIpc) is 2.59. The smallest absolute Gasteiger partial charge is 0.330 e. The monoisotopic (exact) mass is 318 g/mol. The Balaban J connectivity index is 2.29. The van der Waals surface area contributed by atoms with Crippen LogP contribution in [0.2, 0.25) is 0 Å². The average molecular weight is 318 g/mol. The Bertz CT molecular complexity index is 787. The first-order chi connectivity index (χ1) is 11.7. The molecule has 0 aliphatic carbocycles. The second-order valence-corrected chi connectivity index (χ2v) is 5.09. The quantitative estimate of drug-likeness (QED) is 0.462. The normalized spacial score (nSPS) is 10.8. The van der Waals surface area contributed by atoms with Gasteiger partial charge in [0.2, 0.25) is 0 Å². The molecule has 2 aromatic rings. The fourth-order valence-electron chi connectivity index (χ4n) is 2.27. The first-order valence-corrected chi connectivity index (χ1v) is 7.65. The summed E-state index contributed by atoms with van der Waals surface area (Å²) in [5.74, 6) is -0.371. The van der Waals surface area contributed by atoms with Crippen LogP contribution in [-0.4, -0.2) is 17.6 Å². The Kier molecular flexibility index (Phi) is 6.48. The number of nitrogens with zero attached hydrogens (tertiary/aromatic N) is 2. The molecule has 0 saturated heterocycles. The van der Waals surface area contributed by atoms with E-state index in [4.69, 9.17) is 10.00 Å². The van der Waals surface area contributed by atoms with Crippen LogP contribution in [0.4, 0.5) is 0 Å². The summed E-state index contributed by atoms with van der Waals surface area (Å²) in [4.78, 5) is 15.6. The number of rotatable bonds is 6. The molecule has 1 aromatic carbocycles. The molecule has 24 heavy (non-hydrogen) atoms. The van der Waals surface area contributed by atoms with Gasteiger partial charge >= 0.3 is 5.97 Å². The highest BCUT2D eigenvalue weighted by Gasteiger charge is 2.01. The van der Waals surface area contributed by atoms with Crippen LogP contribution in [0.15, 0.2) is 54.9 Å². The maximum atomic E-state index is 11.5. The number of hydrogen-bond acceptors (Lipinski definition) is 4. The molecule has 4 nitrogen and oxygen atoms in total. The van der Waals surface area contributed by atoms with E-state index in [1.165, 1.54) is 12.2 Å². The minimum atomic E-state index is -0.371. The van der Waals surface area contributed by atoms with Crippen LogP contribution in [0.25, 0.3) is 12.2 Å². The molecule has 0 saturated carbocycles. The predicted molar refractivity (Wildman–Crippen MR) is 93.8 cm³/mol. The number of nitriles is 1. The number of hydrogen-bond donors (Lipinski definition) is 0. The van der Waals surface area contributed by atoms with Crippen molar-refractivity contribution in [1.82, 2.24) is 4.98 Å². The van der Waals surface area contributed by atoms with E-state index in [0.29, 0.717) is 6.61 Å². The molecule has 0 amide bonds. The van der Waals surface area contributed by atoms with E-state index < -0.39 is 0 Å². The molecule has 0 radical (unpaired) electrons. The van der Waals surface area contributed by atoms with Crippen molar-refractivity contribution < 1.29 is 9.53 Å². The van der Waals surface area contributed by atoms with Crippen LogP contribution < -0.4 is 0 Å². The van der Waals surface area contributed by atoms with Crippen molar-refractivity contribution >= 4 is 18.1 Å². The maximum Gasteiger partial charge on any atom is 0.330 e. The van der Waals surface area contributed by atoms with Crippen molar-refractivity contribution in [3.05, 3.63) is 77.1 Å². The summed E-state index contributed by atoms with van der Waals surface area (Å²) in [6.45, 7) is 2.12. The molecule has 2 rings (SSSR count). The van der Waals surface area contributed by atoms with E-state index >= 15 is 0 Å². The minimum absolute atomic E-state index is 0.348. The lowest BCUT2D eigenvalue weighted by molar-refractivity contribution is -0.137. The number of allylic oxidation sites excluding steroid dienone is 1. The van der Waals surface area contributed by atoms with Gasteiger partial charge in [0.25, 0.3) is 0 Å². The van der Waals surface area contributed by atoms with Gasteiger partial charge in [-0.05, 0) is 59.9 Å². The van der Waals surface area contributed by atoms with Gasteiger partial charge in [0.05, 0.1) is 12.7 Å². The Morgan fingerprint density at radius 1 is 1.25 bits per heavy atom. The molecule has 0 spiro atoms. The molecule has 0 atom stereocenters. The summed E-state index contributed by atoms with van der Waals surface area (Å²) >= 11 is 0. The van der Waals surface area contributed by atoms with Gasteiger partial charge in [0, 0.05) is 24.5 Å². The molecule has 4 heteroatoms. The highest BCUT2D eigenvalue weighted by molar-refractivity contribution is 5.87. The molecule has 0 aliphatic heterocycles. The van der Waals surface area contributed by atoms with Crippen LogP contribution in [0.1, 0.15) is 29.2 Å². The van der Waals surface area contributed by atoms with Gasteiger partial charge in [0.1, 0.15) is 0 Å². The number of benzene rings is 1. The van der Waals surface area contributed by atoms with Crippen LogP contribution in [0.5, 0.6) is 0 Å². The fourth-order valence-corrected chi connectivity index (χ4v) is 2.27. The van der Waals surface area contributed by atoms with Gasteiger partial charge in [-0.25, -0.2) is 4.79 Å². The van der Waals surface area contributed by atoms with E-state index in [9.17, 15) is 4.79 Å². The SMILES string of the molecule is CCOC(=O)/C=C/c1cc(C=CC#N)cc(Cc2cccnc2)c1. The lowest BCUT2D eigenvalue weighted by atomic mass is 10.00. The summed E-state index contributed by atoms with van der Waals surface area (Å²) in [6, 6.07) is 11.8. The molecule has 0 aliphatic rings. The second kappa shape index (κ2) is 9.06. The van der Waals surface area contributed by atoms with Gasteiger partial charge in [-0.15, -0.1) is 0 Å². The van der Waals surface area contributed by atoms with Crippen LogP contribution >= 0.6 is 0 Å². The van der Waals surface area contributed by atoms with Gasteiger partial charge in [0.15, 0.2) is 0 Å². The highest BCUT2D eigenvalue weighted by atomic mass is 16.5. The first kappa shape index (κ1) is 17.2. The first-order valence-electron chi connectivity index (χ1n) is 7.65. The molecular weight excluding hydrogens is 300 g/mol. The van der Waals surface area contributed by atoms with Crippen molar-refractivity contribution in [2.24, 2.45) is 0 Å². The topological polar surface area (TPSA) is 63.0 Å². The summed E-state index contributed by atoms with van der Waals surface area (Å²) in [7, 11) is 0. The zero-order valence-electron chi connectivity index (χ0n) is 13.5. The van der Waals surface area contributed by atoms with E-state index in [1.54, 1.807) is 25.3 Å². The number of pyridine rings is 1. The third-order valence-electron chi connectivity index (χ3n) is 3.22. The predicted octanol–water partition coefficient (Wildman–Crippen LogP) is 3.79. The van der Waals surface area contributed by atoms with Crippen molar-refractivity contribution in [3.8, 4) is 6.07 Å². The van der Waals surface area contributed by atoms with Crippen LogP contribution in [-0.2, 0) is 16.0 Å². The fraction of sp³-hybridized carbons (Fsp3) is 0.150. The standard InChI is InChI=1S/C20H18N2O2/c1-2-24-20(23)8-7-17-11-16(5-3-9-21)12-19(13-17)14-18-6-4-10-22-15-18/h3-8,10-13,15H,2,14H2,1H3/b5-3?,8-7+. The van der Waals surface area contributed by atoms with E-state index in [2.05, 4.69) is 4.98 Å². The summed E-state index contributed by atoms with van der Waals surface area (Å²) in [6.07, 6.45) is 10.6. The zero-order valence-corrected chi connectivity index (χ0v) is 13.5. The van der Waals surface area contributed by atoms with Gasteiger partial charge < -0.3 is 4.74 Å². The Labute approximate surface area is 141 Å². The largest absolute Gasteiger partial charge is 0.463 e. The van der Waals surface area contributed by atoms with Gasteiger partial charge in [-0.2, -0.15) is 5.26 Å². The highest BCUT2D eigenvalue weighted by Crippen LogP contribution is 2.17. The molecule has 1 aromatic heterocycles. The molecule has 0 N–H and O–H groups in total. The van der Waals surface area contributed by atoms with Gasteiger partial charge in [-0.3, -0.25) is 4.98 Å². The van der Waals surface area contributed by atoms with Crippen LogP contribution in [0, 0.1) is 11.3 Å². The van der Waals surface area contributed by atoms with Gasteiger partial charge in [-0.1, -0.05) is 18.2 Å². The molecular formula is C20H18N2O2. The molecule has 0 bridgehead atoms. The Morgan fingerprint density at radius 2 is 2.04 bits per heavy atom. The zero-order chi connectivity index (χ0) is 17.2. The van der Waals surface area contributed by atoms with E-state index in [1.807, 2.05) is 42.6 Å². The van der Waals surface area contributed by atoms with Crippen molar-refractivity contribution in [1.29, 1.82) is 5.26 Å². The molecule has 0 fully saturated rings. The third-order valence-corrected chi connectivity index (χ3v) is 3.22. The minimum Gasteiger partial charge on any atom is -0.463 e. The lowest BCUT2D eigenvalue weighted by Gasteiger charge is -2.06. The lowest BCUT2D eigenvalue weighted by Crippen LogP contribution is -1.98. The van der Waals surface area contributed by atoms with Crippen molar-refractivity contribution in [2.45, 2.75) is 13.3 Å². The summed E-state index contributed by atoms with van der Waals surface area (Å²) in [5, 5.41) is 8.72. The second-order valence-electron chi connectivity index (χ2n) is 5.09. The number of aromatic nitrogens is 1. The maximum absolute atomic E-state index is 11.5. The van der Waals surface area contributed by atoms with Crippen molar-refractivity contribution in [3.63, 3.8) is 0 Å². The Hall–Kier alpha value is -3.19. The summed E-state index contributed by atoms with van der Waals surface area (Å²) in [5.41, 5.74) is 3.95. The number of ether oxygens (including phenoxy) is 1. The van der Waals surface area contributed by atoms with Crippen molar-refractivity contribution in [2.75, 3.05) is 6.61 Å². The summed E-state index contributed by atoms with van der Waals surface area (Å²) < 4.78 is 4.89. The van der Waals surface area contributed by atoms with Crippen LogP contribution in [0.3, 0.4) is 0 Å². The molecule has 1 heterocycles. The molecule has 0 unspecified atom stereocenters. The number of esters is 1. The number of carbonyl (C=O) groups excluding carboxylic acids is 1. The number of carbonyl (C=O) groups is 1. The third kappa shape index (κ3) is 5.54.